The summed E-state index contributed by atoms with van der Waals surface area (Å²) >= 11 is 0. The number of aromatic nitrogens is 1. The van der Waals surface area contributed by atoms with Gasteiger partial charge in [-0.1, -0.05) is 12.1 Å². The highest BCUT2D eigenvalue weighted by molar-refractivity contribution is 6.03. The molecule has 0 bridgehead atoms. The van der Waals surface area contributed by atoms with Crippen molar-refractivity contribution in [2.45, 2.75) is 13.8 Å². The van der Waals surface area contributed by atoms with E-state index in [1.165, 1.54) is 18.2 Å². The summed E-state index contributed by atoms with van der Waals surface area (Å²) in [6.45, 7) is 4.29. The van der Waals surface area contributed by atoms with E-state index >= 15 is 0 Å². The minimum absolute atomic E-state index is 0.0213. The SMILES string of the molecule is CCOc1cc(C)ccc1NC(=O)c1cccc(F)n1. The van der Waals surface area contributed by atoms with Crippen LogP contribution in [-0.4, -0.2) is 17.5 Å². The van der Waals surface area contributed by atoms with Crippen molar-refractivity contribution < 1.29 is 13.9 Å². The molecule has 2 rings (SSSR count). The number of aryl methyl sites for hydroxylation is 1. The topological polar surface area (TPSA) is 51.2 Å². The number of benzene rings is 1. The van der Waals surface area contributed by atoms with Crippen LogP contribution in [0.2, 0.25) is 0 Å². The first-order chi connectivity index (χ1) is 9.60. The summed E-state index contributed by atoms with van der Waals surface area (Å²) in [6.07, 6.45) is 0. The van der Waals surface area contributed by atoms with Crippen LogP contribution in [0.4, 0.5) is 10.1 Å². The molecule has 0 saturated heterocycles. The molecule has 0 atom stereocenters. The van der Waals surface area contributed by atoms with E-state index in [0.717, 1.165) is 5.56 Å². The molecule has 0 aliphatic heterocycles. The van der Waals surface area contributed by atoms with E-state index in [1.807, 2.05) is 26.0 Å². The van der Waals surface area contributed by atoms with Crippen molar-refractivity contribution in [3.05, 3.63) is 53.6 Å². The van der Waals surface area contributed by atoms with Gasteiger partial charge in [-0.2, -0.15) is 4.39 Å². The number of carbonyl (C=O) groups is 1. The molecule has 1 heterocycles. The van der Waals surface area contributed by atoms with E-state index in [2.05, 4.69) is 10.3 Å². The first-order valence-electron chi connectivity index (χ1n) is 6.27. The van der Waals surface area contributed by atoms with Crippen molar-refractivity contribution in [2.75, 3.05) is 11.9 Å². The number of ether oxygens (including phenoxy) is 1. The average molecular weight is 274 g/mol. The Bertz CT molecular complexity index is 629. The van der Waals surface area contributed by atoms with Crippen molar-refractivity contribution >= 4 is 11.6 Å². The molecule has 0 unspecified atom stereocenters. The molecule has 5 heteroatoms. The zero-order valence-corrected chi connectivity index (χ0v) is 11.3. The summed E-state index contributed by atoms with van der Waals surface area (Å²) < 4.78 is 18.5. The van der Waals surface area contributed by atoms with Gasteiger partial charge >= 0.3 is 0 Å². The fourth-order valence-electron chi connectivity index (χ4n) is 1.73. The molecule has 0 spiro atoms. The van der Waals surface area contributed by atoms with Crippen molar-refractivity contribution in [1.82, 2.24) is 4.98 Å². The zero-order valence-electron chi connectivity index (χ0n) is 11.3. The number of amides is 1. The van der Waals surface area contributed by atoms with Gasteiger partial charge in [0.05, 0.1) is 12.3 Å². The van der Waals surface area contributed by atoms with Gasteiger partial charge in [-0.05, 0) is 43.7 Å². The zero-order chi connectivity index (χ0) is 14.5. The molecular weight excluding hydrogens is 259 g/mol. The third-order valence-corrected chi connectivity index (χ3v) is 2.63. The van der Waals surface area contributed by atoms with Crippen LogP contribution >= 0.6 is 0 Å². The Morgan fingerprint density at radius 3 is 2.85 bits per heavy atom. The Kier molecular flexibility index (Phi) is 4.30. The summed E-state index contributed by atoms with van der Waals surface area (Å²) in [5.41, 5.74) is 1.58. The van der Waals surface area contributed by atoms with E-state index in [1.54, 1.807) is 6.07 Å². The first-order valence-corrected chi connectivity index (χ1v) is 6.27. The van der Waals surface area contributed by atoms with E-state index in [9.17, 15) is 9.18 Å². The van der Waals surface area contributed by atoms with Gasteiger partial charge in [0.15, 0.2) is 0 Å². The van der Waals surface area contributed by atoms with Crippen LogP contribution in [-0.2, 0) is 0 Å². The molecule has 1 amide bonds. The van der Waals surface area contributed by atoms with Crippen LogP contribution in [0, 0.1) is 12.9 Å². The summed E-state index contributed by atoms with van der Waals surface area (Å²) in [7, 11) is 0. The standard InChI is InChI=1S/C15H15FN2O2/c1-3-20-13-9-10(2)7-8-11(13)18-15(19)12-5-4-6-14(16)17-12/h4-9H,3H2,1-2H3,(H,18,19). The summed E-state index contributed by atoms with van der Waals surface area (Å²) in [4.78, 5) is 15.6. The van der Waals surface area contributed by atoms with Gasteiger partial charge in [0, 0.05) is 0 Å². The van der Waals surface area contributed by atoms with Crippen molar-refractivity contribution in [1.29, 1.82) is 0 Å². The molecule has 0 aliphatic rings. The Balaban J connectivity index is 2.23. The van der Waals surface area contributed by atoms with Gasteiger partial charge in [0.25, 0.3) is 5.91 Å². The second-order valence-corrected chi connectivity index (χ2v) is 4.23. The fourth-order valence-corrected chi connectivity index (χ4v) is 1.73. The molecule has 1 aromatic heterocycles. The lowest BCUT2D eigenvalue weighted by atomic mass is 10.2. The number of hydrogen-bond donors (Lipinski definition) is 1. The summed E-state index contributed by atoms with van der Waals surface area (Å²) in [5, 5.41) is 2.67. The van der Waals surface area contributed by atoms with Gasteiger partial charge in [-0.15, -0.1) is 0 Å². The van der Waals surface area contributed by atoms with Crippen molar-refractivity contribution in [3.63, 3.8) is 0 Å². The monoisotopic (exact) mass is 274 g/mol. The van der Waals surface area contributed by atoms with Crippen LogP contribution in [0.15, 0.2) is 36.4 Å². The van der Waals surface area contributed by atoms with Gasteiger partial charge in [-0.3, -0.25) is 4.79 Å². The predicted octanol–water partition coefficient (Wildman–Crippen LogP) is 3.18. The Hall–Kier alpha value is -2.43. The van der Waals surface area contributed by atoms with Crippen LogP contribution in [0.5, 0.6) is 5.75 Å². The van der Waals surface area contributed by atoms with Crippen LogP contribution < -0.4 is 10.1 Å². The van der Waals surface area contributed by atoms with Crippen LogP contribution in [0.1, 0.15) is 23.0 Å². The third-order valence-electron chi connectivity index (χ3n) is 2.63. The number of nitrogens with zero attached hydrogens (tertiary/aromatic N) is 1. The number of nitrogens with one attached hydrogen (secondary N) is 1. The molecule has 0 aliphatic carbocycles. The number of anilines is 1. The summed E-state index contributed by atoms with van der Waals surface area (Å²) in [5.74, 6) is -0.585. The van der Waals surface area contributed by atoms with Crippen LogP contribution in [0.25, 0.3) is 0 Å². The molecule has 20 heavy (non-hydrogen) atoms. The molecule has 1 N–H and O–H groups in total. The normalized spacial score (nSPS) is 10.2. The second kappa shape index (κ2) is 6.14. The number of hydrogen-bond acceptors (Lipinski definition) is 3. The lowest BCUT2D eigenvalue weighted by molar-refractivity contribution is 0.102. The molecular formula is C15H15FN2O2. The maximum atomic E-state index is 13.0. The van der Waals surface area contributed by atoms with Crippen LogP contribution in [0.3, 0.4) is 0 Å². The lowest BCUT2D eigenvalue weighted by Gasteiger charge is -2.12. The molecule has 2 aromatic rings. The Morgan fingerprint density at radius 2 is 2.15 bits per heavy atom. The number of halogens is 1. The second-order valence-electron chi connectivity index (χ2n) is 4.23. The maximum absolute atomic E-state index is 13.0. The minimum atomic E-state index is -0.688. The highest BCUT2D eigenvalue weighted by Gasteiger charge is 2.11. The van der Waals surface area contributed by atoms with E-state index in [-0.39, 0.29) is 5.69 Å². The average Bonchev–Trinajstić information content (AvgIpc) is 2.42. The van der Waals surface area contributed by atoms with E-state index < -0.39 is 11.9 Å². The quantitative estimate of drug-likeness (QED) is 0.871. The number of pyridine rings is 1. The molecule has 0 fully saturated rings. The number of rotatable bonds is 4. The third kappa shape index (κ3) is 3.32. The molecule has 104 valence electrons. The molecule has 0 saturated carbocycles. The Morgan fingerprint density at radius 1 is 1.35 bits per heavy atom. The fraction of sp³-hybridized carbons (Fsp3) is 0.200. The lowest BCUT2D eigenvalue weighted by Crippen LogP contribution is -2.15. The van der Waals surface area contributed by atoms with E-state index in [4.69, 9.17) is 4.74 Å². The highest BCUT2D eigenvalue weighted by Crippen LogP contribution is 2.26. The highest BCUT2D eigenvalue weighted by atomic mass is 19.1. The smallest absolute Gasteiger partial charge is 0.274 e. The largest absolute Gasteiger partial charge is 0.492 e. The maximum Gasteiger partial charge on any atom is 0.274 e. The van der Waals surface area contributed by atoms with Crippen molar-refractivity contribution in [3.8, 4) is 5.75 Å². The minimum Gasteiger partial charge on any atom is -0.492 e. The van der Waals surface area contributed by atoms with Gasteiger partial charge in [0.1, 0.15) is 11.4 Å². The Labute approximate surface area is 116 Å². The first kappa shape index (κ1) is 14.0. The molecule has 4 nitrogen and oxygen atoms in total. The number of carbonyl (C=O) groups excluding carboxylic acids is 1. The van der Waals surface area contributed by atoms with Gasteiger partial charge in [0.2, 0.25) is 5.95 Å². The molecule has 1 aromatic carbocycles. The van der Waals surface area contributed by atoms with E-state index in [0.29, 0.717) is 18.0 Å². The van der Waals surface area contributed by atoms with Gasteiger partial charge in [-0.25, -0.2) is 4.98 Å². The van der Waals surface area contributed by atoms with Crippen molar-refractivity contribution in [2.24, 2.45) is 0 Å². The summed E-state index contributed by atoms with van der Waals surface area (Å²) in [6, 6.07) is 9.52. The predicted molar refractivity (Wildman–Crippen MR) is 74.5 cm³/mol. The van der Waals surface area contributed by atoms with Gasteiger partial charge < -0.3 is 10.1 Å². The molecule has 0 radical (unpaired) electrons.